The third kappa shape index (κ3) is 12.8. The summed E-state index contributed by atoms with van der Waals surface area (Å²) in [5.41, 5.74) is 0.138. The number of sulfone groups is 1. The van der Waals surface area contributed by atoms with Crippen molar-refractivity contribution >= 4 is 27.6 Å². The monoisotopic (exact) mass is 596 g/mol. The van der Waals surface area contributed by atoms with E-state index < -0.39 is 26.4 Å². The summed E-state index contributed by atoms with van der Waals surface area (Å²) in [7, 11) is -3.60. The fourth-order valence-electron chi connectivity index (χ4n) is 4.49. The molecule has 2 aromatic rings. The molecule has 0 bridgehead atoms. The molecule has 0 unspecified atom stereocenters. The molecule has 228 valence electrons. The Balaban J connectivity index is 1.55. The summed E-state index contributed by atoms with van der Waals surface area (Å²) in [4.78, 5) is 35.6. The normalized spacial score (nSPS) is 12.2. The van der Waals surface area contributed by atoms with Crippen LogP contribution >= 0.6 is 0 Å². The Labute approximate surface area is 240 Å². The van der Waals surface area contributed by atoms with E-state index in [-0.39, 0.29) is 42.7 Å². The quantitative estimate of drug-likeness (QED) is 0.214. The van der Waals surface area contributed by atoms with Crippen LogP contribution < -0.4 is 10.6 Å². The van der Waals surface area contributed by atoms with Gasteiger partial charge in [-0.25, -0.2) is 8.42 Å². The molecule has 2 rings (SSSR count). The van der Waals surface area contributed by atoms with E-state index in [1.165, 1.54) is 0 Å². The highest BCUT2D eigenvalue weighted by molar-refractivity contribution is 7.90. The van der Waals surface area contributed by atoms with E-state index in [4.69, 9.17) is 19.0 Å². The molecule has 1 aromatic carbocycles. The first-order valence-corrected chi connectivity index (χ1v) is 15.0. The van der Waals surface area contributed by atoms with Crippen molar-refractivity contribution in [2.75, 3.05) is 45.8 Å². The number of rotatable bonds is 18. The Morgan fingerprint density at radius 1 is 0.878 bits per heavy atom. The molecule has 1 aromatic heterocycles. The third-order valence-corrected chi connectivity index (χ3v) is 6.62. The molecule has 0 spiro atoms. The van der Waals surface area contributed by atoms with Gasteiger partial charge in [0.05, 0.1) is 32.8 Å². The second kappa shape index (κ2) is 15.0. The van der Waals surface area contributed by atoms with Crippen molar-refractivity contribution in [2.45, 2.75) is 52.2 Å². The van der Waals surface area contributed by atoms with Gasteiger partial charge in [-0.3, -0.25) is 14.4 Å². The van der Waals surface area contributed by atoms with Crippen LogP contribution in [0.5, 0.6) is 0 Å². The van der Waals surface area contributed by atoms with E-state index in [2.05, 4.69) is 20.8 Å². The number of carbonyl (C=O) groups is 3. The summed E-state index contributed by atoms with van der Waals surface area (Å²) in [6.45, 7) is 9.61. The van der Waals surface area contributed by atoms with Crippen molar-refractivity contribution in [1.82, 2.24) is 20.8 Å². The minimum Gasteiger partial charge on any atom is -0.481 e. The lowest BCUT2D eigenvalue weighted by atomic mass is 9.72. The van der Waals surface area contributed by atoms with Gasteiger partial charge in [-0.1, -0.05) is 32.8 Å². The Hall–Kier alpha value is -3.36. The van der Waals surface area contributed by atoms with Gasteiger partial charge in [0.15, 0.2) is 0 Å². The Bertz CT molecular complexity index is 1270. The van der Waals surface area contributed by atoms with Gasteiger partial charge in [-0.15, -0.1) is 5.10 Å². The number of hydrogen-bond donors (Lipinski definition) is 3. The van der Waals surface area contributed by atoms with Gasteiger partial charge in [0.2, 0.25) is 21.6 Å². The first kappa shape index (κ1) is 33.8. The fraction of sp³-hybridized carbons (Fsp3) is 0.593. The van der Waals surface area contributed by atoms with E-state index in [9.17, 15) is 22.8 Å². The summed E-state index contributed by atoms with van der Waals surface area (Å²) < 4.78 is 39.0. The number of nitrogens with one attached hydrogen (secondary N) is 2. The third-order valence-electron chi connectivity index (χ3n) is 5.82. The van der Waals surface area contributed by atoms with Crippen LogP contribution in [0.1, 0.15) is 57.3 Å². The Morgan fingerprint density at radius 3 is 1.98 bits per heavy atom. The number of amides is 2. The number of benzene rings is 1. The lowest BCUT2D eigenvalue weighted by molar-refractivity contribution is -0.139. The van der Waals surface area contributed by atoms with E-state index in [0.717, 1.165) is 6.26 Å². The van der Waals surface area contributed by atoms with Crippen molar-refractivity contribution in [3.05, 3.63) is 29.8 Å². The highest BCUT2D eigenvalue weighted by Crippen LogP contribution is 2.38. The summed E-state index contributed by atoms with van der Waals surface area (Å²) in [6, 6.07) is 6.27. The zero-order chi connectivity index (χ0) is 30.7. The second-order valence-electron chi connectivity index (χ2n) is 11.3. The fourth-order valence-corrected chi connectivity index (χ4v) is 4.91. The van der Waals surface area contributed by atoms with Crippen molar-refractivity contribution in [1.29, 1.82) is 0 Å². The van der Waals surface area contributed by atoms with Crippen LogP contribution in [0.15, 0.2) is 33.9 Å². The standard InChI is InChI=1S/C27H40N4O9S/c1-26(2,18-27(3,4)17-22(33)34)16-21(32)28-10-12-38-14-15-39-13-11-29-23(35)19-6-8-20(9-7-19)24-30-31-25(40-24)41(5,36)37/h6-9H,10-18H2,1-5H3,(H,28,32)(H,29,35)(H,33,34). The van der Waals surface area contributed by atoms with Crippen molar-refractivity contribution in [3.8, 4) is 11.5 Å². The molecule has 0 aliphatic rings. The number of nitrogens with zero attached hydrogens (tertiary/aromatic N) is 2. The summed E-state index contributed by atoms with van der Waals surface area (Å²) in [5.74, 6) is -1.22. The number of carbonyl (C=O) groups excluding carboxylic acids is 2. The van der Waals surface area contributed by atoms with Gasteiger partial charge >= 0.3 is 11.2 Å². The topological polar surface area (TPSA) is 187 Å². The molecule has 13 nitrogen and oxygen atoms in total. The van der Waals surface area contributed by atoms with E-state index in [0.29, 0.717) is 50.3 Å². The van der Waals surface area contributed by atoms with Crippen LogP contribution in [-0.2, 0) is 28.9 Å². The van der Waals surface area contributed by atoms with Crippen molar-refractivity contribution < 1.29 is 41.8 Å². The zero-order valence-corrected chi connectivity index (χ0v) is 25.0. The first-order chi connectivity index (χ1) is 19.1. The molecule has 2 amide bonds. The molecule has 0 atom stereocenters. The minimum absolute atomic E-state index is 0.0356. The number of aromatic nitrogens is 2. The van der Waals surface area contributed by atoms with Gasteiger partial charge in [0.1, 0.15) is 0 Å². The largest absolute Gasteiger partial charge is 0.481 e. The lowest BCUT2D eigenvalue weighted by Crippen LogP contribution is -2.34. The van der Waals surface area contributed by atoms with E-state index in [1.807, 2.05) is 27.7 Å². The highest BCUT2D eigenvalue weighted by Gasteiger charge is 2.32. The maximum absolute atomic E-state index is 12.3. The van der Waals surface area contributed by atoms with E-state index in [1.54, 1.807) is 24.3 Å². The van der Waals surface area contributed by atoms with Gasteiger partial charge < -0.3 is 29.6 Å². The molecule has 0 saturated carbocycles. The van der Waals surface area contributed by atoms with Crippen LogP contribution in [0.3, 0.4) is 0 Å². The lowest BCUT2D eigenvalue weighted by Gasteiger charge is -2.33. The van der Waals surface area contributed by atoms with Crippen molar-refractivity contribution in [2.24, 2.45) is 10.8 Å². The van der Waals surface area contributed by atoms with Gasteiger partial charge in [-0.2, -0.15) is 0 Å². The van der Waals surface area contributed by atoms with Gasteiger partial charge in [0.25, 0.3) is 5.91 Å². The average Bonchev–Trinajstić information content (AvgIpc) is 3.34. The number of carboxylic acid groups (broad SMARTS) is 1. The molecule has 0 aliphatic carbocycles. The van der Waals surface area contributed by atoms with Crippen LogP contribution in [-0.4, -0.2) is 87.3 Å². The smallest absolute Gasteiger partial charge is 0.335 e. The van der Waals surface area contributed by atoms with Gasteiger partial charge in [-0.05, 0) is 41.5 Å². The molecule has 0 radical (unpaired) electrons. The zero-order valence-electron chi connectivity index (χ0n) is 24.2. The Kier molecular flexibility index (Phi) is 12.4. The molecule has 3 N–H and O–H groups in total. The van der Waals surface area contributed by atoms with Crippen LogP contribution in [0.4, 0.5) is 0 Å². The predicted molar refractivity (Wildman–Crippen MR) is 149 cm³/mol. The molecule has 0 fully saturated rings. The SMILES string of the molecule is CC(C)(CC(=O)O)CC(C)(C)CC(=O)NCCOCCOCCNC(=O)c1ccc(-c2nnc(S(C)(=O)=O)o2)cc1. The first-order valence-electron chi connectivity index (χ1n) is 13.1. The maximum Gasteiger partial charge on any atom is 0.335 e. The maximum atomic E-state index is 12.3. The summed E-state index contributed by atoms with van der Waals surface area (Å²) in [5, 5.41) is 21.4. The molecule has 1 heterocycles. The number of ether oxygens (including phenoxy) is 2. The van der Waals surface area contributed by atoms with Crippen LogP contribution in [0, 0.1) is 10.8 Å². The van der Waals surface area contributed by atoms with Crippen molar-refractivity contribution in [3.63, 3.8) is 0 Å². The Morgan fingerprint density at radius 2 is 1.44 bits per heavy atom. The average molecular weight is 597 g/mol. The molecule has 0 saturated heterocycles. The highest BCUT2D eigenvalue weighted by atomic mass is 32.2. The summed E-state index contributed by atoms with van der Waals surface area (Å²) in [6.07, 6.45) is 1.92. The summed E-state index contributed by atoms with van der Waals surface area (Å²) >= 11 is 0. The molecule has 0 aliphatic heterocycles. The molecule has 14 heteroatoms. The van der Waals surface area contributed by atoms with E-state index >= 15 is 0 Å². The molecular formula is C27H40N4O9S. The van der Waals surface area contributed by atoms with Crippen LogP contribution in [0.2, 0.25) is 0 Å². The predicted octanol–water partition coefficient (Wildman–Crippen LogP) is 2.33. The molecular weight excluding hydrogens is 556 g/mol. The molecule has 41 heavy (non-hydrogen) atoms. The minimum atomic E-state index is -3.60. The van der Waals surface area contributed by atoms with Crippen LogP contribution in [0.25, 0.3) is 11.5 Å². The number of hydrogen-bond acceptors (Lipinski definition) is 10. The second-order valence-corrected chi connectivity index (χ2v) is 13.2. The number of aliphatic carboxylic acids is 1. The number of carboxylic acids is 1. The van der Waals surface area contributed by atoms with Gasteiger partial charge in [0, 0.05) is 36.9 Å².